The first kappa shape index (κ1) is 16.5. The Balaban J connectivity index is 2.45. The Hall–Kier alpha value is -1.88. The lowest BCUT2D eigenvalue weighted by Gasteiger charge is -2.38. The van der Waals surface area contributed by atoms with Crippen molar-refractivity contribution in [3.63, 3.8) is 0 Å². The van der Waals surface area contributed by atoms with Crippen LogP contribution >= 0.6 is 0 Å². The van der Waals surface area contributed by atoms with Crippen LogP contribution in [0, 0.1) is 5.41 Å². The number of carbonyl (C=O) groups excluding carboxylic acids is 2. The number of hydrogen-bond acceptors (Lipinski definition) is 3. The van der Waals surface area contributed by atoms with E-state index in [0.717, 1.165) is 0 Å². The maximum atomic E-state index is 13.0. The van der Waals surface area contributed by atoms with Crippen LogP contribution in [0.15, 0.2) is 30.3 Å². The number of benzene rings is 1. The molecule has 22 heavy (non-hydrogen) atoms. The summed E-state index contributed by atoms with van der Waals surface area (Å²) < 4.78 is 5.18. The second-order valence-electron chi connectivity index (χ2n) is 6.74. The molecule has 1 saturated heterocycles. The van der Waals surface area contributed by atoms with E-state index in [-0.39, 0.29) is 30.0 Å². The molecule has 1 fully saturated rings. The van der Waals surface area contributed by atoms with Crippen molar-refractivity contribution in [3.05, 3.63) is 35.9 Å². The Bertz CT molecular complexity index is 551. The van der Waals surface area contributed by atoms with Crippen LogP contribution in [0.5, 0.6) is 0 Å². The average Bonchev–Trinajstić information content (AvgIpc) is 2.72. The van der Waals surface area contributed by atoms with Crippen molar-refractivity contribution in [2.45, 2.75) is 33.0 Å². The zero-order valence-corrected chi connectivity index (χ0v) is 13.9. The van der Waals surface area contributed by atoms with Gasteiger partial charge in [0.15, 0.2) is 0 Å². The van der Waals surface area contributed by atoms with Crippen LogP contribution in [0.25, 0.3) is 0 Å². The van der Waals surface area contributed by atoms with Gasteiger partial charge in [0.25, 0.3) is 5.91 Å². The van der Waals surface area contributed by atoms with Gasteiger partial charge < -0.3 is 14.5 Å². The summed E-state index contributed by atoms with van der Waals surface area (Å²) in [5.41, 5.74) is 0.332. The number of carbonyl (C=O) groups is 2. The van der Waals surface area contributed by atoms with Crippen molar-refractivity contribution in [1.82, 2.24) is 9.80 Å². The van der Waals surface area contributed by atoms with E-state index in [1.165, 1.54) is 0 Å². The third kappa shape index (κ3) is 2.86. The highest BCUT2D eigenvalue weighted by Crippen LogP contribution is 2.35. The van der Waals surface area contributed by atoms with Crippen LogP contribution in [0.1, 0.15) is 31.1 Å². The van der Waals surface area contributed by atoms with E-state index >= 15 is 0 Å². The first-order valence-corrected chi connectivity index (χ1v) is 7.42. The van der Waals surface area contributed by atoms with Gasteiger partial charge in [-0.25, -0.2) is 0 Å². The van der Waals surface area contributed by atoms with E-state index in [0.29, 0.717) is 5.56 Å². The van der Waals surface area contributed by atoms with Crippen molar-refractivity contribution in [2.75, 3.05) is 20.8 Å². The molecule has 0 spiro atoms. The van der Waals surface area contributed by atoms with Crippen LogP contribution in [0.4, 0.5) is 0 Å². The fourth-order valence-corrected chi connectivity index (χ4v) is 3.12. The van der Waals surface area contributed by atoms with Gasteiger partial charge in [-0.15, -0.1) is 0 Å². The zero-order chi connectivity index (χ0) is 16.5. The Kier molecular flexibility index (Phi) is 4.56. The summed E-state index contributed by atoms with van der Waals surface area (Å²) in [5.74, 6) is -0.216. The highest BCUT2D eigenvalue weighted by molar-refractivity contribution is 5.99. The topological polar surface area (TPSA) is 49.9 Å². The largest absolute Gasteiger partial charge is 0.382 e. The van der Waals surface area contributed by atoms with Crippen LogP contribution < -0.4 is 0 Å². The third-order valence-electron chi connectivity index (χ3n) is 3.95. The summed E-state index contributed by atoms with van der Waals surface area (Å²) in [6, 6.07) is 8.49. The minimum absolute atomic E-state index is 0.0777. The fourth-order valence-electron chi connectivity index (χ4n) is 3.12. The molecule has 120 valence electrons. The summed E-state index contributed by atoms with van der Waals surface area (Å²) in [4.78, 5) is 28.8. The molecule has 1 aromatic carbocycles. The molecule has 0 N–H and O–H groups in total. The predicted molar refractivity (Wildman–Crippen MR) is 84.3 cm³/mol. The molecule has 2 unspecified atom stereocenters. The maximum absolute atomic E-state index is 13.0. The summed E-state index contributed by atoms with van der Waals surface area (Å²) in [7, 11) is 3.29. The summed E-state index contributed by atoms with van der Waals surface area (Å²) in [6.45, 7) is 6.29. The standard InChI is InChI=1S/C17H24N2O3/c1-17(2,3)16-18(4)15(21)13(11-22-5)19(16)14(20)12-9-7-6-8-10-12/h6-10,13,16H,11H2,1-5H3. The van der Waals surface area contributed by atoms with Gasteiger partial charge in [0.05, 0.1) is 6.61 Å². The van der Waals surface area contributed by atoms with Gasteiger partial charge in [-0.1, -0.05) is 39.0 Å². The van der Waals surface area contributed by atoms with Crippen molar-refractivity contribution >= 4 is 11.8 Å². The maximum Gasteiger partial charge on any atom is 0.256 e. The van der Waals surface area contributed by atoms with E-state index in [9.17, 15) is 9.59 Å². The average molecular weight is 304 g/mol. The van der Waals surface area contributed by atoms with E-state index in [2.05, 4.69) is 0 Å². The normalized spacial score (nSPS) is 22.3. The van der Waals surface area contributed by atoms with Crippen LogP contribution in [-0.4, -0.2) is 54.6 Å². The van der Waals surface area contributed by atoms with Gasteiger partial charge in [-0.2, -0.15) is 0 Å². The minimum Gasteiger partial charge on any atom is -0.382 e. The van der Waals surface area contributed by atoms with Gasteiger partial charge in [0.1, 0.15) is 12.2 Å². The lowest BCUT2D eigenvalue weighted by Crippen LogP contribution is -2.51. The quantitative estimate of drug-likeness (QED) is 0.858. The second-order valence-corrected chi connectivity index (χ2v) is 6.74. The smallest absolute Gasteiger partial charge is 0.256 e. The molecule has 0 bridgehead atoms. The Morgan fingerprint density at radius 1 is 1.23 bits per heavy atom. The van der Waals surface area contributed by atoms with E-state index in [1.54, 1.807) is 36.1 Å². The molecule has 0 aliphatic carbocycles. The number of hydrogen-bond donors (Lipinski definition) is 0. The number of nitrogens with zero attached hydrogens (tertiary/aromatic N) is 2. The number of ether oxygens (including phenoxy) is 1. The fraction of sp³-hybridized carbons (Fsp3) is 0.529. The van der Waals surface area contributed by atoms with E-state index in [4.69, 9.17) is 4.74 Å². The Morgan fingerprint density at radius 3 is 2.32 bits per heavy atom. The molecular formula is C17H24N2O3. The molecule has 5 nitrogen and oxygen atoms in total. The first-order chi connectivity index (χ1) is 10.3. The van der Waals surface area contributed by atoms with Crippen molar-refractivity contribution in [1.29, 1.82) is 0 Å². The second kappa shape index (κ2) is 6.08. The molecule has 2 atom stereocenters. The minimum atomic E-state index is -0.577. The van der Waals surface area contributed by atoms with Crippen molar-refractivity contribution < 1.29 is 14.3 Å². The zero-order valence-electron chi connectivity index (χ0n) is 13.9. The van der Waals surface area contributed by atoms with E-state index < -0.39 is 6.04 Å². The van der Waals surface area contributed by atoms with Gasteiger partial charge in [0.2, 0.25) is 5.91 Å². The molecule has 0 aromatic heterocycles. The van der Waals surface area contributed by atoms with Crippen LogP contribution in [0.2, 0.25) is 0 Å². The monoisotopic (exact) mass is 304 g/mol. The Morgan fingerprint density at radius 2 is 1.82 bits per heavy atom. The van der Waals surface area contributed by atoms with Crippen LogP contribution in [0.3, 0.4) is 0 Å². The summed E-state index contributed by atoms with van der Waals surface area (Å²) >= 11 is 0. The van der Waals surface area contributed by atoms with Crippen LogP contribution in [-0.2, 0) is 9.53 Å². The van der Waals surface area contributed by atoms with Gasteiger partial charge in [-0.3, -0.25) is 9.59 Å². The van der Waals surface area contributed by atoms with Gasteiger partial charge in [0, 0.05) is 25.1 Å². The number of amides is 2. The molecule has 1 aliphatic heterocycles. The third-order valence-corrected chi connectivity index (χ3v) is 3.95. The summed E-state index contributed by atoms with van der Waals surface area (Å²) in [6.07, 6.45) is -0.298. The molecule has 5 heteroatoms. The molecular weight excluding hydrogens is 280 g/mol. The van der Waals surface area contributed by atoms with Crippen molar-refractivity contribution in [3.8, 4) is 0 Å². The number of likely N-dealkylation sites (N-methyl/N-ethyl adjacent to an activating group) is 1. The molecule has 0 radical (unpaired) electrons. The van der Waals surface area contributed by atoms with Crippen molar-refractivity contribution in [2.24, 2.45) is 5.41 Å². The number of methoxy groups -OCH3 is 1. The SMILES string of the molecule is COCC1C(=O)N(C)C(C(C)(C)C)N1C(=O)c1ccccc1. The predicted octanol–water partition coefficient (Wildman–Crippen LogP) is 1.99. The number of rotatable bonds is 3. The first-order valence-electron chi connectivity index (χ1n) is 7.42. The lowest BCUT2D eigenvalue weighted by molar-refractivity contribution is -0.130. The molecule has 1 heterocycles. The molecule has 2 rings (SSSR count). The molecule has 2 amide bonds. The molecule has 0 saturated carbocycles. The Labute approximate surface area is 131 Å². The molecule has 1 aliphatic rings. The highest BCUT2D eigenvalue weighted by Gasteiger charge is 2.51. The van der Waals surface area contributed by atoms with E-state index in [1.807, 2.05) is 39.0 Å². The highest BCUT2D eigenvalue weighted by atomic mass is 16.5. The summed E-state index contributed by atoms with van der Waals surface area (Å²) in [5, 5.41) is 0. The van der Waals surface area contributed by atoms with Gasteiger partial charge >= 0.3 is 0 Å². The van der Waals surface area contributed by atoms with Gasteiger partial charge in [-0.05, 0) is 12.1 Å². The lowest BCUT2D eigenvalue weighted by atomic mass is 9.90. The molecule has 1 aromatic rings.